The van der Waals surface area contributed by atoms with Gasteiger partial charge in [-0.3, -0.25) is 0 Å². The first kappa shape index (κ1) is 30.0. The zero-order chi connectivity index (χ0) is 24.8. The molecule has 1 heterocycles. The van der Waals surface area contributed by atoms with E-state index in [-0.39, 0.29) is 26.4 Å². The average molecular weight is 846 g/mol. The van der Waals surface area contributed by atoms with Crippen LogP contribution < -0.4 is 18.9 Å². The molecule has 4 atom stereocenters. The lowest BCUT2D eigenvalue weighted by Crippen LogP contribution is -2.18. The van der Waals surface area contributed by atoms with Gasteiger partial charge in [0.25, 0.3) is 0 Å². The SMILES string of the molecule is Cl[C@@H]1COc2cc(Br)c(Br)cc2OC[C@H](Cl)S[C@H](Cl)COc2cc(Br)c(Br)cc2OC[C@H](Cl)S1. The Hall–Kier alpha value is 1.42. The average Bonchev–Trinajstić information content (AvgIpc) is 2.77. The first-order valence-electron chi connectivity index (χ1n) is 9.49. The van der Waals surface area contributed by atoms with Crippen LogP contribution in [-0.2, 0) is 0 Å². The zero-order valence-electron chi connectivity index (χ0n) is 16.9. The Labute approximate surface area is 260 Å². The molecule has 0 unspecified atom stereocenters. The molecule has 3 rings (SSSR count). The van der Waals surface area contributed by atoms with Crippen molar-refractivity contribution in [3.63, 3.8) is 0 Å². The molecule has 1 aliphatic heterocycles. The van der Waals surface area contributed by atoms with Gasteiger partial charge in [0, 0.05) is 17.9 Å². The standard InChI is InChI=1S/C20H16Br4Cl4O4S2/c21-9-1-13-14(2-10(9)22)30-6-18(26)34-20(28)8-32-16-4-12(24)11(23)3-15(16)31-7-19(27)33-17(25)5-29-13/h1-4,17-20H,5-8H2/t17-,18+,19+,20-. The molecule has 0 N–H and O–H groups in total. The Kier molecular flexibility index (Phi) is 12.8. The lowest BCUT2D eigenvalue weighted by Gasteiger charge is -2.21. The number of ether oxygens (including phenoxy) is 4. The molecule has 2 aromatic carbocycles. The molecule has 0 radical (unpaired) electrons. The Balaban J connectivity index is 1.80. The van der Waals surface area contributed by atoms with Crippen molar-refractivity contribution in [1.82, 2.24) is 0 Å². The van der Waals surface area contributed by atoms with Crippen LogP contribution in [0.5, 0.6) is 23.0 Å². The van der Waals surface area contributed by atoms with Crippen LogP contribution in [0.25, 0.3) is 0 Å². The number of rotatable bonds is 0. The van der Waals surface area contributed by atoms with Crippen molar-refractivity contribution in [1.29, 1.82) is 0 Å². The summed E-state index contributed by atoms with van der Waals surface area (Å²) in [7, 11) is 0. The van der Waals surface area contributed by atoms with Gasteiger partial charge in [-0.05, 0) is 88.0 Å². The van der Waals surface area contributed by atoms with Gasteiger partial charge in [0.05, 0.1) is 0 Å². The number of halogens is 8. The molecule has 0 aliphatic carbocycles. The number of fused-ring (bicyclic) bond motifs is 2. The quantitative estimate of drug-likeness (QED) is 0.246. The number of hydrogen-bond donors (Lipinski definition) is 0. The Morgan fingerprint density at radius 1 is 0.500 bits per heavy atom. The van der Waals surface area contributed by atoms with Crippen molar-refractivity contribution in [2.75, 3.05) is 26.4 Å². The molecule has 0 amide bonds. The number of alkyl halides is 4. The van der Waals surface area contributed by atoms with E-state index >= 15 is 0 Å². The number of hydrogen-bond acceptors (Lipinski definition) is 6. The van der Waals surface area contributed by atoms with E-state index in [1.165, 1.54) is 23.5 Å². The highest BCUT2D eigenvalue weighted by Gasteiger charge is 2.21. The fraction of sp³-hybridized carbons (Fsp3) is 0.400. The maximum absolute atomic E-state index is 6.47. The van der Waals surface area contributed by atoms with Crippen LogP contribution >= 0.6 is 134 Å². The van der Waals surface area contributed by atoms with Crippen LogP contribution in [0.4, 0.5) is 0 Å². The van der Waals surface area contributed by atoms with Crippen LogP contribution in [0.15, 0.2) is 42.2 Å². The first-order chi connectivity index (χ1) is 16.1. The minimum atomic E-state index is -0.430. The largest absolute Gasteiger partial charge is 0.487 e. The van der Waals surface area contributed by atoms with Crippen LogP contribution in [0.3, 0.4) is 0 Å². The summed E-state index contributed by atoms with van der Waals surface area (Å²) in [6, 6.07) is 7.20. The van der Waals surface area contributed by atoms with Crippen molar-refractivity contribution >= 4 is 134 Å². The van der Waals surface area contributed by atoms with Crippen molar-refractivity contribution in [2.45, 2.75) is 18.8 Å². The van der Waals surface area contributed by atoms with E-state index in [1.54, 1.807) is 24.3 Å². The van der Waals surface area contributed by atoms with Gasteiger partial charge < -0.3 is 18.9 Å². The first-order valence-corrected chi connectivity index (χ1v) is 16.3. The summed E-state index contributed by atoms with van der Waals surface area (Å²) in [4.78, 5) is 0. The lowest BCUT2D eigenvalue weighted by atomic mass is 10.3. The van der Waals surface area contributed by atoms with E-state index in [1.807, 2.05) is 0 Å². The van der Waals surface area contributed by atoms with E-state index in [0.29, 0.717) is 23.0 Å². The third kappa shape index (κ3) is 9.31. The monoisotopic (exact) mass is 840 g/mol. The lowest BCUT2D eigenvalue weighted by molar-refractivity contribution is 0.279. The van der Waals surface area contributed by atoms with Gasteiger partial charge in [0.15, 0.2) is 23.0 Å². The number of thioether (sulfide) groups is 2. The van der Waals surface area contributed by atoms with Crippen LogP contribution in [0.1, 0.15) is 0 Å². The Morgan fingerprint density at radius 3 is 0.912 bits per heavy atom. The number of benzene rings is 2. The minimum Gasteiger partial charge on any atom is -0.487 e. The Bertz CT molecular complexity index is 843. The molecule has 0 aromatic heterocycles. The molecule has 0 bridgehead atoms. The summed E-state index contributed by atoms with van der Waals surface area (Å²) >= 11 is 42.4. The minimum absolute atomic E-state index is 0.195. The fourth-order valence-electron chi connectivity index (χ4n) is 2.57. The van der Waals surface area contributed by atoms with Crippen LogP contribution in [-0.4, -0.2) is 45.3 Å². The van der Waals surface area contributed by atoms with Gasteiger partial charge in [-0.25, -0.2) is 0 Å². The van der Waals surface area contributed by atoms with Gasteiger partial charge in [-0.1, -0.05) is 0 Å². The molecule has 188 valence electrons. The van der Waals surface area contributed by atoms with Crippen LogP contribution in [0, 0.1) is 0 Å². The molecule has 4 nitrogen and oxygen atoms in total. The van der Waals surface area contributed by atoms with E-state index in [0.717, 1.165) is 17.9 Å². The van der Waals surface area contributed by atoms with Crippen molar-refractivity contribution < 1.29 is 18.9 Å². The molecular weight excluding hydrogens is 830 g/mol. The predicted molar refractivity (Wildman–Crippen MR) is 159 cm³/mol. The van der Waals surface area contributed by atoms with E-state index in [4.69, 9.17) is 65.4 Å². The van der Waals surface area contributed by atoms with Crippen molar-refractivity contribution in [2.24, 2.45) is 0 Å². The summed E-state index contributed by atoms with van der Waals surface area (Å²) in [5.41, 5.74) is 0. The van der Waals surface area contributed by atoms with Gasteiger partial charge >= 0.3 is 0 Å². The molecule has 1 aliphatic rings. The van der Waals surface area contributed by atoms with Crippen LogP contribution in [0.2, 0.25) is 0 Å². The topological polar surface area (TPSA) is 36.9 Å². The second kappa shape index (κ2) is 14.5. The molecular formula is C20H16Br4Cl4O4S2. The third-order valence-electron chi connectivity index (χ3n) is 4.04. The summed E-state index contributed by atoms with van der Waals surface area (Å²) < 4.78 is 25.3. The summed E-state index contributed by atoms with van der Waals surface area (Å²) in [5.74, 6) is 2.09. The second-order valence-electron chi connectivity index (χ2n) is 6.58. The second-order valence-corrected chi connectivity index (χ2v) is 16.0. The normalized spacial score (nSPS) is 24.7. The third-order valence-corrected chi connectivity index (χ3v) is 11.2. The molecule has 2 aromatic rings. The molecule has 34 heavy (non-hydrogen) atoms. The van der Waals surface area contributed by atoms with Gasteiger partial charge in [-0.15, -0.1) is 69.9 Å². The molecule has 0 fully saturated rings. The summed E-state index contributed by atoms with van der Waals surface area (Å²) in [6.07, 6.45) is 0. The predicted octanol–water partition coefficient (Wildman–Crippen LogP) is 9.69. The van der Waals surface area contributed by atoms with E-state index in [9.17, 15) is 0 Å². The molecule has 14 heteroatoms. The highest BCUT2D eigenvalue weighted by molar-refractivity contribution is 9.13. The van der Waals surface area contributed by atoms with Gasteiger partial charge in [0.2, 0.25) is 0 Å². The van der Waals surface area contributed by atoms with E-state index < -0.39 is 18.8 Å². The summed E-state index contributed by atoms with van der Waals surface area (Å²) in [6.45, 7) is 0.781. The smallest absolute Gasteiger partial charge is 0.162 e. The summed E-state index contributed by atoms with van der Waals surface area (Å²) in [5, 5.41) is 0. The molecule has 0 saturated carbocycles. The molecule has 0 spiro atoms. The maximum atomic E-state index is 6.47. The van der Waals surface area contributed by atoms with Gasteiger partial charge in [-0.2, -0.15) is 0 Å². The molecule has 0 saturated heterocycles. The van der Waals surface area contributed by atoms with E-state index in [2.05, 4.69) is 63.7 Å². The highest BCUT2D eigenvalue weighted by Crippen LogP contribution is 2.40. The fourth-order valence-corrected chi connectivity index (χ4v) is 7.15. The Morgan fingerprint density at radius 2 is 0.706 bits per heavy atom. The zero-order valence-corrected chi connectivity index (χ0v) is 27.9. The van der Waals surface area contributed by atoms with Crippen molar-refractivity contribution in [3.8, 4) is 23.0 Å². The van der Waals surface area contributed by atoms with Crippen molar-refractivity contribution in [3.05, 3.63) is 42.2 Å². The highest BCUT2D eigenvalue weighted by atomic mass is 79.9. The maximum Gasteiger partial charge on any atom is 0.162 e. The van der Waals surface area contributed by atoms with Gasteiger partial charge in [0.1, 0.15) is 45.3 Å².